The van der Waals surface area contributed by atoms with E-state index in [2.05, 4.69) is 26.1 Å². The molecule has 1 aliphatic heterocycles. The van der Waals surface area contributed by atoms with Crippen molar-refractivity contribution >= 4 is 40.3 Å². The summed E-state index contributed by atoms with van der Waals surface area (Å²) in [7, 11) is 1.57. The molecule has 2 heterocycles. The number of fused-ring (bicyclic) bond motifs is 1. The summed E-state index contributed by atoms with van der Waals surface area (Å²) in [5.74, 6) is -1.53. The van der Waals surface area contributed by atoms with Crippen molar-refractivity contribution < 1.29 is 23.9 Å². The number of benzene rings is 2. The Hall–Kier alpha value is -3.16. The van der Waals surface area contributed by atoms with Gasteiger partial charge >= 0.3 is 11.9 Å². The van der Waals surface area contributed by atoms with E-state index in [1.54, 1.807) is 42.0 Å². The van der Waals surface area contributed by atoms with E-state index in [4.69, 9.17) is 21.1 Å². The fourth-order valence-electron chi connectivity index (χ4n) is 5.06. The van der Waals surface area contributed by atoms with Crippen LogP contribution in [-0.2, 0) is 14.3 Å². The molecule has 3 aromatic rings. The first-order chi connectivity index (χ1) is 18.0. The number of esters is 2. The van der Waals surface area contributed by atoms with Gasteiger partial charge in [0.2, 0.25) is 0 Å². The Morgan fingerprint density at radius 3 is 2.45 bits per heavy atom. The number of halogens is 1. The van der Waals surface area contributed by atoms with Crippen LogP contribution >= 0.6 is 11.6 Å². The van der Waals surface area contributed by atoms with Gasteiger partial charge in [-0.3, -0.25) is 14.2 Å². The first-order valence-electron chi connectivity index (χ1n) is 13.0. The zero-order valence-corrected chi connectivity index (χ0v) is 23.4. The van der Waals surface area contributed by atoms with Gasteiger partial charge in [-0.1, -0.05) is 32.4 Å². The summed E-state index contributed by atoms with van der Waals surface area (Å²) < 4.78 is 12.6. The van der Waals surface area contributed by atoms with Crippen molar-refractivity contribution in [2.45, 2.75) is 65.3 Å². The molecule has 1 saturated heterocycles. The van der Waals surface area contributed by atoms with Crippen molar-refractivity contribution in [3.63, 3.8) is 0 Å². The molecule has 0 radical (unpaired) electrons. The average Bonchev–Trinajstić information content (AvgIpc) is 3.50. The fourth-order valence-corrected chi connectivity index (χ4v) is 5.18. The fraction of sp³-hybridized carbons (Fsp3) is 0.433. The van der Waals surface area contributed by atoms with Crippen molar-refractivity contribution in [2.75, 3.05) is 13.7 Å². The number of carbonyl (C=O) groups excluding carboxylic acids is 3. The second-order valence-electron chi connectivity index (χ2n) is 11.1. The number of methoxy groups -OCH3 is 1. The van der Waals surface area contributed by atoms with Gasteiger partial charge in [0.15, 0.2) is 0 Å². The highest BCUT2D eigenvalue weighted by Gasteiger charge is 2.34. The zero-order valence-electron chi connectivity index (χ0n) is 22.6. The molecule has 1 fully saturated rings. The van der Waals surface area contributed by atoms with Crippen LogP contribution in [0.3, 0.4) is 0 Å². The minimum Gasteiger partial charge on any atom is -0.497 e. The number of nitrogens with one attached hydrogen (secondary N) is 1. The Balaban J connectivity index is 1.84. The predicted molar refractivity (Wildman–Crippen MR) is 148 cm³/mol. The molecule has 2 unspecified atom stereocenters. The van der Waals surface area contributed by atoms with Gasteiger partial charge in [-0.05, 0) is 92.6 Å². The van der Waals surface area contributed by atoms with Crippen LogP contribution in [0.15, 0.2) is 42.5 Å². The van der Waals surface area contributed by atoms with Crippen LogP contribution in [0.25, 0.3) is 10.9 Å². The molecular formula is C30H35ClN2O5. The summed E-state index contributed by atoms with van der Waals surface area (Å²) >= 11 is 6.05. The van der Waals surface area contributed by atoms with Crippen LogP contribution in [0.4, 0.5) is 0 Å². The maximum atomic E-state index is 13.7. The summed E-state index contributed by atoms with van der Waals surface area (Å²) in [6, 6.07) is 11.7. The second-order valence-corrected chi connectivity index (χ2v) is 11.5. The Morgan fingerprint density at radius 1 is 1.13 bits per heavy atom. The number of carbonyl (C=O) groups is 3. The molecule has 0 spiro atoms. The van der Waals surface area contributed by atoms with Gasteiger partial charge in [0.1, 0.15) is 11.8 Å². The van der Waals surface area contributed by atoms with Gasteiger partial charge in [-0.15, -0.1) is 0 Å². The molecule has 202 valence electrons. The summed E-state index contributed by atoms with van der Waals surface area (Å²) in [4.78, 5) is 40.2. The highest BCUT2D eigenvalue weighted by atomic mass is 35.5. The Bertz CT molecular complexity index is 1350. The maximum Gasteiger partial charge on any atom is 0.330 e. The zero-order chi connectivity index (χ0) is 27.6. The molecule has 0 aliphatic carbocycles. The van der Waals surface area contributed by atoms with Crippen molar-refractivity contribution in [1.29, 1.82) is 0 Å². The normalized spacial score (nSPS) is 16.4. The first-order valence-corrected chi connectivity index (χ1v) is 13.4. The number of rotatable bonds is 7. The second kappa shape index (κ2) is 11.3. The van der Waals surface area contributed by atoms with Crippen LogP contribution in [0.5, 0.6) is 5.75 Å². The van der Waals surface area contributed by atoms with Gasteiger partial charge in [0, 0.05) is 21.7 Å². The van der Waals surface area contributed by atoms with E-state index >= 15 is 0 Å². The molecule has 1 aromatic heterocycles. The molecule has 8 heteroatoms. The van der Waals surface area contributed by atoms with E-state index < -0.39 is 23.9 Å². The number of ether oxygens (including phenoxy) is 2. The lowest BCUT2D eigenvalue weighted by Gasteiger charge is -2.23. The van der Waals surface area contributed by atoms with Crippen LogP contribution in [0.2, 0.25) is 5.02 Å². The van der Waals surface area contributed by atoms with E-state index in [9.17, 15) is 14.4 Å². The SMILES string of the molecule is COc1ccc2c(c1)c(C(CCC(C)(C)C)C(=O)OC(=O)C1CCCN1)c(C)n2C(=O)c1ccc(Cl)cc1. The molecule has 38 heavy (non-hydrogen) atoms. The number of nitrogens with zero attached hydrogens (tertiary/aromatic N) is 1. The topological polar surface area (TPSA) is 86.6 Å². The number of hydrogen-bond donors (Lipinski definition) is 1. The van der Waals surface area contributed by atoms with Gasteiger partial charge < -0.3 is 14.8 Å². The summed E-state index contributed by atoms with van der Waals surface area (Å²) in [5.41, 5.74) is 2.35. The molecule has 1 N–H and O–H groups in total. The molecule has 0 amide bonds. The Kier molecular flexibility index (Phi) is 8.28. The highest BCUT2D eigenvalue weighted by Crippen LogP contribution is 2.39. The summed E-state index contributed by atoms with van der Waals surface area (Å²) in [6.07, 6.45) is 2.67. The smallest absolute Gasteiger partial charge is 0.330 e. The maximum absolute atomic E-state index is 13.7. The molecule has 1 aliphatic rings. The summed E-state index contributed by atoms with van der Waals surface area (Å²) in [5, 5.41) is 4.34. The van der Waals surface area contributed by atoms with Gasteiger partial charge in [0.25, 0.3) is 5.91 Å². The van der Waals surface area contributed by atoms with Crippen LogP contribution in [-0.4, -0.2) is 42.1 Å². The van der Waals surface area contributed by atoms with E-state index in [1.165, 1.54) is 0 Å². The van der Waals surface area contributed by atoms with Gasteiger partial charge in [-0.25, -0.2) is 4.79 Å². The van der Waals surface area contributed by atoms with Crippen molar-refractivity contribution in [3.05, 3.63) is 64.3 Å². The number of hydrogen-bond acceptors (Lipinski definition) is 6. The third kappa shape index (κ3) is 5.94. The largest absolute Gasteiger partial charge is 0.497 e. The monoisotopic (exact) mass is 538 g/mol. The molecule has 4 rings (SSSR count). The molecule has 2 aromatic carbocycles. The highest BCUT2D eigenvalue weighted by molar-refractivity contribution is 6.30. The van der Waals surface area contributed by atoms with E-state index in [0.29, 0.717) is 57.8 Å². The Labute approximate surface area is 228 Å². The van der Waals surface area contributed by atoms with Gasteiger partial charge in [0.05, 0.1) is 18.5 Å². The van der Waals surface area contributed by atoms with E-state index in [1.807, 2.05) is 19.1 Å². The Morgan fingerprint density at radius 2 is 1.84 bits per heavy atom. The van der Waals surface area contributed by atoms with Crippen molar-refractivity contribution in [1.82, 2.24) is 9.88 Å². The lowest BCUT2D eigenvalue weighted by Crippen LogP contribution is -2.35. The average molecular weight is 539 g/mol. The first kappa shape index (κ1) is 27.9. The molecule has 0 bridgehead atoms. The van der Waals surface area contributed by atoms with E-state index in [0.717, 1.165) is 13.0 Å². The molecular weight excluding hydrogens is 504 g/mol. The summed E-state index contributed by atoms with van der Waals surface area (Å²) in [6.45, 7) is 8.86. The van der Waals surface area contributed by atoms with Crippen LogP contribution < -0.4 is 10.1 Å². The molecule has 2 atom stereocenters. The number of aromatic nitrogens is 1. The minimum absolute atomic E-state index is 0.0569. The lowest BCUT2D eigenvalue weighted by atomic mass is 9.83. The third-order valence-corrected chi connectivity index (χ3v) is 7.37. The van der Waals surface area contributed by atoms with Gasteiger partial charge in [-0.2, -0.15) is 0 Å². The predicted octanol–water partition coefficient (Wildman–Crippen LogP) is 6.03. The lowest BCUT2D eigenvalue weighted by molar-refractivity contribution is -0.162. The van der Waals surface area contributed by atoms with Crippen LogP contribution in [0, 0.1) is 12.3 Å². The quantitative estimate of drug-likeness (QED) is 0.292. The van der Waals surface area contributed by atoms with Crippen LogP contribution in [0.1, 0.15) is 74.0 Å². The molecule has 7 nitrogen and oxygen atoms in total. The third-order valence-electron chi connectivity index (χ3n) is 7.12. The minimum atomic E-state index is -0.742. The van der Waals surface area contributed by atoms with E-state index in [-0.39, 0.29) is 11.3 Å². The standard InChI is InChI=1S/C30H35ClN2O5/c1-18-26(22(14-15-30(2,3)4)28(35)38-29(36)24-7-6-16-32-24)23-17-21(37-5)12-13-25(23)33(18)27(34)19-8-10-20(31)11-9-19/h8-13,17,22,24,32H,6-7,14-16H2,1-5H3. The molecule has 0 saturated carbocycles. The van der Waals surface area contributed by atoms with Crippen molar-refractivity contribution in [2.24, 2.45) is 5.41 Å². The van der Waals surface area contributed by atoms with Crippen molar-refractivity contribution in [3.8, 4) is 5.75 Å².